The van der Waals surface area contributed by atoms with E-state index in [-0.39, 0.29) is 28.0 Å². The van der Waals surface area contributed by atoms with Gasteiger partial charge in [-0.3, -0.25) is 0 Å². The van der Waals surface area contributed by atoms with E-state index in [9.17, 15) is 13.2 Å². The van der Waals surface area contributed by atoms with Crippen LogP contribution < -0.4 is 0 Å². The van der Waals surface area contributed by atoms with Crippen LogP contribution in [0, 0.1) is 0 Å². The maximum atomic E-state index is 12.3. The van der Waals surface area contributed by atoms with Crippen molar-refractivity contribution < 1.29 is 18.3 Å². The summed E-state index contributed by atoms with van der Waals surface area (Å²) in [6.45, 7) is 3.90. The Balaban J connectivity index is 3.54. The number of aromatic carboxylic acids is 1. The number of rotatable bonds is 5. The summed E-state index contributed by atoms with van der Waals surface area (Å²) in [4.78, 5) is 10.8. The molecule has 106 valence electrons. The third-order valence-corrected chi connectivity index (χ3v) is 5.50. The Labute approximate surface area is 121 Å². The highest BCUT2D eigenvalue weighted by Gasteiger charge is 2.28. The summed E-state index contributed by atoms with van der Waals surface area (Å²) in [7, 11) is -3.83. The fourth-order valence-electron chi connectivity index (χ4n) is 1.63. The first-order valence-corrected chi connectivity index (χ1v) is 7.68. The molecule has 0 aliphatic heterocycles. The van der Waals surface area contributed by atoms with Crippen LogP contribution in [-0.4, -0.2) is 36.9 Å². The SMILES string of the molecule is CCN(CC)S(=O)(=O)c1ccc(Cl)c(C(=O)O)c1Cl. The monoisotopic (exact) mass is 325 g/mol. The van der Waals surface area contributed by atoms with E-state index in [2.05, 4.69) is 0 Å². The number of carboxylic acid groups (broad SMARTS) is 1. The molecule has 0 spiro atoms. The van der Waals surface area contributed by atoms with E-state index in [4.69, 9.17) is 28.3 Å². The minimum atomic E-state index is -3.83. The lowest BCUT2D eigenvalue weighted by atomic mass is 10.2. The molecule has 19 heavy (non-hydrogen) atoms. The molecule has 5 nitrogen and oxygen atoms in total. The van der Waals surface area contributed by atoms with E-state index >= 15 is 0 Å². The molecule has 0 aromatic heterocycles. The van der Waals surface area contributed by atoms with Gasteiger partial charge in [-0.2, -0.15) is 4.31 Å². The van der Waals surface area contributed by atoms with Gasteiger partial charge in [-0.1, -0.05) is 37.0 Å². The molecule has 1 N–H and O–H groups in total. The molecule has 1 rings (SSSR count). The summed E-state index contributed by atoms with van der Waals surface area (Å²) in [5.74, 6) is -1.37. The Hall–Kier alpha value is -0.820. The van der Waals surface area contributed by atoms with E-state index in [1.165, 1.54) is 16.4 Å². The molecule has 0 amide bonds. The van der Waals surface area contributed by atoms with Gasteiger partial charge in [0.1, 0.15) is 4.90 Å². The lowest BCUT2D eigenvalue weighted by molar-refractivity contribution is 0.0697. The number of halogens is 2. The number of carboxylic acids is 1. The number of hydrogen-bond acceptors (Lipinski definition) is 3. The van der Waals surface area contributed by atoms with Crippen LogP contribution in [0.1, 0.15) is 24.2 Å². The van der Waals surface area contributed by atoms with E-state index < -0.39 is 21.6 Å². The molecule has 0 fully saturated rings. The third-order valence-electron chi connectivity index (χ3n) is 2.59. The summed E-state index contributed by atoms with van der Waals surface area (Å²) in [5.41, 5.74) is -0.406. The number of benzene rings is 1. The fourth-order valence-corrected chi connectivity index (χ4v) is 3.98. The standard InChI is InChI=1S/C11H13Cl2NO4S/c1-3-14(4-2)19(17,18)8-6-5-7(12)9(10(8)13)11(15)16/h5-6H,3-4H2,1-2H3,(H,15,16). The zero-order chi connectivity index (χ0) is 14.8. The van der Waals surface area contributed by atoms with Crippen LogP contribution in [0.2, 0.25) is 10.0 Å². The summed E-state index contributed by atoms with van der Waals surface area (Å²) in [6, 6.07) is 2.43. The highest BCUT2D eigenvalue weighted by atomic mass is 35.5. The Morgan fingerprint density at radius 3 is 2.21 bits per heavy atom. The van der Waals surface area contributed by atoms with Gasteiger partial charge in [-0.05, 0) is 12.1 Å². The second kappa shape index (κ2) is 6.09. The normalized spacial score (nSPS) is 11.8. The number of sulfonamides is 1. The average molecular weight is 326 g/mol. The molecule has 0 aliphatic rings. The molecule has 1 aromatic carbocycles. The molecule has 0 unspecified atom stereocenters. The van der Waals surface area contributed by atoms with Crippen LogP contribution in [0.3, 0.4) is 0 Å². The van der Waals surface area contributed by atoms with Crippen molar-refractivity contribution >= 4 is 39.2 Å². The number of nitrogens with zero attached hydrogens (tertiary/aromatic N) is 1. The predicted molar refractivity (Wildman–Crippen MR) is 73.5 cm³/mol. The molecule has 0 heterocycles. The molecule has 0 atom stereocenters. The highest BCUT2D eigenvalue weighted by Crippen LogP contribution is 2.32. The van der Waals surface area contributed by atoms with Gasteiger partial charge in [0, 0.05) is 13.1 Å². The van der Waals surface area contributed by atoms with Gasteiger partial charge < -0.3 is 5.11 Å². The van der Waals surface area contributed by atoms with Crippen molar-refractivity contribution in [2.45, 2.75) is 18.7 Å². The number of carbonyl (C=O) groups is 1. The summed E-state index contributed by atoms with van der Waals surface area (Å²) in [5, 5.41) is 8.54. The van der Waals surface area contributed by atoms with Gasteiger partial charge in [-0.25, -0.2) is 13.2 Å². The minimum absolute atomic E-state index is 0.101. The van der Waals surface area contributed by atoms with Crippen molar-refractivity contribution in [2.75, 3.05) is 13.1 Å². The first kappa shape index (κ1) is 16.2. The van der Waals surface area contributed by atoms with Gasteiger partial charge in [0.05, 0.1) is 15.6 Å². The topological polar surface area (TPSA) is 74.7 Å². The Kier molecular flexibility index (Phi) is 5.20. The summed E-state index contributed by atoms with van der Waals surface area (Å²) >= 11 is 11.6. The van der Waals surface area contributed by atoms with Gasteiger partial charge in [0.15, 0.2) is 0 Å². The predicted octanol–water partition coefficient (Wildman–Crippen LogP) is 2.72. The van der Waals surface area contributed by atoms with E-state index in [0.29, 0.717) is 0 Å². The van der Waals surface area contributed by atoms with Crippen LogP contribution in [-0.2, 0) is 10.0 Å². The fraction of sp³-hybridized carbons (Fsp3) is 0.364. The van der Waals surface area contributed by atoms with E-state index in [1.807, 2.05) is 0 Å². The summed E-state index contributed by atoms with van der Waals surface area (Å²) in [6.07, 6.45) is 0. The largest absolute Gasteiger partial charge is 0.478 e. The molecule has 0 radical (unpaired) electrons. The van der Waals surface area contributed by atoms with Crippen molar-refractivity contribution in [2.24, 2.45) is 0 Å². The molecule has 1 aromatic rings. The van der Waals surface area contributed by atoms with Crippen LogP contribution in [0.25, 0.3) is 0 Å². The highest BCUT2D eigenvalue weighted by molar-refractivity contribution is 7.89. The van der Waals surface area contributed by atoms with Crippen LogP contribution >= 0.6 is 23.2 Å². The van der Waals surface area contributed by atoms with Crippen molar-refractivity contribution in [3.05, 3.63) is 27.7 Å². The maximum Gasteiger partial charge on any atom is 0.338 e. The first-order chi connectivity index (χ1) is 8.77. The van der Waals surface area contributed by atoms with E-state index in [0.717, 1.165) is 0 Å². The lowest BCUT2D eigenvalue weighted by Crippen LogP contribution is -2.31. The second-order valence-corrected chi connectivity index (χ2v) is 6.32. The van der Waals surface area contributed by atoms with Crippen LogP contribution in [0.4, 0.5) is 0 Å². The zero-order valence-electron chi connectivity index (χ0n) is 10.4. The molecule has 0 aliphatic carbocycles. The quantitative estimate of drug-likeness (QED) is 0.903. The van der Waals surface area contributed by atoms with Gasteiger partial charge in [0.2, 0.25) is 10.0 Å². The van der Waals surface area contributed by atoms with Crippen LogP contribution in [0.5, 0.6) is 0 Å². The smallest absolute Gasteiger partial charge is 0.338 e. The van der Waals surface area contributed by atoms with Gasteiger partial charge in [0.25, 0.3) is 0 Å². The van der Waals surface area contributed by atoms with E-state index in [1.54, 1.807) is 13.8 Å². The average Bonchev–Trinajstić information content (AvgIpc) is 2.29. The molecular weight excluding hydrogens is 313 g/mol. The minimum Gasteiger partial charge on any atom is -0.478 e. The second-order valence-electron chi connectivity index (χ2n) is 3.63. The Morgan fingerprint density at radius 2 is 1.79 bits per heavy atom. The third kappa shape index (κ3) is 3.02. The van der Waals surface area contributed by atoms with Crippen molar-refractivity contribution in [3.63, 3.8) is 0 Å². The van der Waals surface area contributed by atoms with Crippen molar-refractivity contribution in [1.82, 2.24) is 4.31 Å². The first-order valence-electron chi connectivity index (χ1n) is 5.48. The van der Waals surface area contributed by atoms with Crippen molar-refractivity contribution in [3.8, 4) is 0 Å². The molecule has 8 heteroatoms. The molecule has 0 bridgehead atoms. The Bertz CT molecular complexity index is 597. The number of hydrogen-bond donors (Lipinski definition) is 1. The van der Waals surface area contributed by atoms with Gasteiger partial charge >= 0.3 is 5.97 Å². The molecule has 0 saturated heterocycles. The zero-order valence-corrected chi connectivity index (χ0v) is 12.7. The molecular formula is C11H13Cl2NO4S. The van der Waals surface area contributed by atoms with Gasteiger partial charge in [-0.15, -0.1) is 0 Å². The van der Waals surface area contributed by atoms with Crippen molar-refractivity contribution in [1.29, 1.82) is 0 Å². The Morgan fingerprint density at radius 1 is 1.26 bits per heavy atom. The summed E-state index contributed by atoms with van der Waals surface area (Å²) < 4.78 is 25.8. The molecule has 0 saturated carbocycles. The van der Waals surface area contributed by atoms with Crippen LogP contribution in [0.15, 0.2) is 17.0 Å². The maximum absolute atomic E-state index is 12.3. The lowest BCUT2D eigenvalue weighted by Gasteiger charge is -2.19.